The van der Waals surface area contributed by atoms with Crippen LogP contribution in [0.15, 0.2) is 225 Å². The van der Waals surface area contributed by atoms with Crippen molar-refractivity contribution in [2.45, 2.75) is 0 Å². The first-order valence-corrected chi connectivity index (χ1v) is 18.7. The number of benzene rings is 8. The minimum absolute atomic E-state index is 1.04. The number of aromatic nitrogens is 2. The molecule has 4 nitrogen and oxygen atoms in total. The molecular formula is C49H39BF4N4. The normalized spacial score (nSPS) is 10.8. The third-order valence-corrected chi connectivity index (χ3v) is 9.18. The number of para-hydroxylation sites is 8. The van der Waals surface area contributed by atoms with Gasteiger partial charge < -0.3 is 27.9 Å². The molecule has 286 valence electrons. The van der Waals surface area contributed by atoms with Crippen LogP contribution in [0.1, 0.15) is 0 Å². The minimum Gasteiger partial charge on any atom is -0.418 e. The minimum atomic E-state index is -6.00. The Kier molecular flexibility index (Phi) is 12.4. The van der Waals surface area contributed by atoms with Crippen molar-refractivity contribution in [1.29, 1.82) is 0 Å². The molecule has 0 unspecified atom stereocenters. The van der Waals surface area contributed by atoms with Gasteiger partial charge in [-0.05, 0) is 71.8 Å². The van der Waals surface area contributed by atoms with E-state index in [1.54, 1.807) is 0 Å². The zero-order valence-electron chi connectivity index (χ0n) is 31.3. The standard InChI is InChI=1S/C25H19N2.C24H20N2.BF4/c1-3-11-20(12-4-1)22-15-7-8-16-23(22)27-19-26(21-13-5-2-6-14-21)24-17-9-10-18-25(24)27;1-3-11-19(12-4-1)21-15-7-8-16-22(21)26-24-18-10-9-17-23(24)25-20-13-5-2-6-14-20;2-1(3,4)5/h1-19H;1-18,25-26H;/q+1;;-1. The Morgan fingerprint density at radius 3 is 1.45 bits per heavy atom. The Balaban J connectivity index is 0.000000159. The lowest BCUT2D eigenvalue weighted by Crippen LogP contribution is -2.29. The van der Waals surface area contributed by atoms with Crippen LogP contribution in [0.4, 0.5) is 40.0 Å². The predicted molar refractivity (Wildman–Crippen MR) is 232 cm³/mol. The quantitative estimate of drug-likeness (QED) is 0.0916. The molecule has 58 heavy (non-hydrogen) atoms. The third kappa shape index (κ3) is 10.1. The van der Waals surface area contributed by atoms with Gasteiger partial charge in [0.15, 0.2) is 11.0 Å². The van der Waals surface area contributed by atoms with Crippen molar-refractivity contribution in [2.75, 3.05) is 10.6 Å². The van der Waals surface area contributed by atoms with Gasteiger partial charge in [-0.25, -0.2) is 0 Å². The van der Waals surface area contributed by atoms with Gasteiger partial charge in [0.2, 0.25) is 0 Å². The van der Waals surface area contributed by atoms with E-state index < -0.39 is 7.25 Å². The Bertz CT molecular complexity index is 2660. The van der Waals surface area contributed by atoms with E-state index in [4.69, 9.17) is 0 Å². The summed E-state index contributed by atoms with van der Waals surface area (Å²) in [6, 6.07) is 75.4. The highest BCUT2D eigenvalue weighted by atomic mass is 19.5. The van der Waals surface area contributed by atoms with Crippen molar-refractivity contribution in [3.05, 3.63) is 225 Å². The number of nitrogens with zero attached hydrogens (tertiary/aromatic N) is 2. The van der Waals surface area contributed by atoms with Crippen LogP contribution < -0.4 is 15.2 Å². The molecule has 9 rings (SSSR count). The van der Waals surface area contributed by atoms with E-state index in [0.717, 1.165) is 28.4 Å². The first-order chi connectivity index (χ1) is 28.3. The highest BCUT2D eigenvalue weighted by molar-refractivity contribution is 6.50. The fraction of sp³-hybridized carbons (Fsp3) is 0. The number of rotatable bonds is 8. The van der Waals surface area contributed by atoms with Crippen LogP contribution in [0.5, 0.6) is 0 Å². The number of nitrogens with one attached hydrogen (secondary N) is 2. The number of fused-ring (bicyclic) bond motifs is 1. The number of hydrogen-bond acceptors (Lipinski definition) is 2. The van der Waals surface area contributed by atoms with E-state index in [0.29, 0.717) is 0 Å². The zero-order valence-corrected chi connectivity index (χ0v) is 31.3. The topological polar surface area (TPSA) is 32.9 Å². The molecule has 0 amide bonds. The molecule has 0 saturated carbocycles. The first-order valence-electron chi connectivity index (χ1n) is 18.7. The van der Waals surface area contributed by atoms with E-state index in [-0.39, 0.29) is 0 Å². The highest BCUT2D eigenvalue weighted by Gasteiger charge is 2.21. The van der Waals surface area contributed by atoms with Gasteiger partial charge in [-0.3, -0.25) is 0 Å². The zero-order chi connectivity index (χ0) is 40.2. The van der Waals surface area contributed by atoms with Crippen molar-refractivity contribution < 1.29 is 21.8 Å². The van der Waals surface area contributed by atoms with E-state index in [9.17, 15) is 17.3 Å². The van der Waals surface area contributed by atoms with Crippen molar-refractivity contribution in [2.24, 2.45) is 0 Å². The van der Waals surface area contributed by atoms with E-state index >= 15 is 0 Å². The second kappa shape index (κ2) is 18.5. The number of halogens is 4. The molecule has 0 fully saturated rings. The Morgan fingerprint density at radius 1 is 0.397 bits per heavy atom. The smallest absolute Gasteiger partial charge is 0.418 e. The summed E-state index contributed by atoms with van der Waals surface area (Å²) in [6.45, 7) is 0. The van der Waals surface area contributed by atoms with Crippen LogP contribution >= 0.6 is 0 Å². The van der Waals surface area contributed by atoms with Gasteiger partial charge in [-0.2, -0.15) is 9.13 Å². The van der Waals surface area contributed by atoms with Crippen molar-refractivity contribution in [3.8, 4) is 33.6 Å². The number of imidazole rings is 1. The van der Waals surface area contributed by atoms with E-state index in [2.05, 4.69) is 202 Å². The fourth-order valence-corrected chi connectivity index (χ4v) is 6.63. The average Bonchev–Trinajstić information content (AvgIpc) is 3.65. The third-order valence-electron chi connectivity index (χ3n) is 9.18. The lowest BCUT2D eigenvalue weighted by Gasteiger charge is -2.16. The van der Waals surface area contributed by atoms with Gasteiger partial charge in [0, 0.05) is 22.5 Å². The summed E-state index contributed by atoms with van der Waals surface area (Å²) >= 11 is 0. The molecule has 0 atom stereocenters. The molecule has 9 aromatic rings. The van der Waals surface area contributed by atoms with Crippen LogP contribution in [0.25, 0.3) is 44.7 Å². The Morgan fingerprint density at radius 2 is 0.828 bits per heavy atom. The summed E-state index contributed by atoms with van der Waals surface area (Å²) < 4.78 is 43.5. The van der Waals surface area contributed by atoms with Gasteiger partial charge in [-0.1, -0.05) is 158 Å². The van der Waals surface area contributed by atoms with Crippen LogP contribution in [-0.2, 0) is 0 Å². The molecule has 8 aromatic carbocycles. The maximum absolute atomic E-state index is 9.75. The van der Waals surface area contributed by atoms with Gasteiger partial charge in [0.25, 0.3) is 6.33 Å². The lowest BCUT2D eigenvalue weighted by molar-refractivity contribution is -0.567. The molecule has 1 aromatic heterocycles. The molecule has 0 aliphatic heterocycles. The number of hydrogen-bond donors (Lipinski definition) is 2. The van der Waals surface area contributed by atoms with Crippen LogP contribution in [0, 0.1) is 0 Å². The van der Waals surface area contributed by atoms with Gasteiger partial charge in [0.05, 0.1) is 11.4 Å². The molecule has 0 saturated heterocycles. The molecule has 0 aliphatic rings. The van der Waals surface area contributed by atoms with Crippen molar-refractivity contribution in [1.82, 2.24) is 4.57 Å². The molecule has 0 aliphatic carbocycles. The maximum atomic E-state index is 9.75. The second-order valence-corrected chi connectivity index (χ2v) is 13.1. The van der Waals surface area contributed by atoms with Gasteiger partial charge >= 0.3 is 7.25 Å². The summed E-state index contributed by atoms with van der Waals surface area (Å²) in [5.74, 6) is 0. The monoisotopic (exact) mass is 770 g/mol. The predicted octanol–water partition coefficient (Wildman–Crippen LogP) is 13.7. The molecule has 9 heteroatoms. The molecule has 0 bridgehead atoms. The van der Waals surface area contributed by atoms with Crippen molar-refractivity contribution in [3.63, 3.8) is 0 Å². The first kappa shape index (κ1) is 38.9. The van der Waals surface area contributed by atoms with Crippen LogP contribution in [-0.4, -0.2) is 11.8 Å². The van der Waals surface area contributed by atoms with Gasteiger partial charge in [0.1, 0.15) is 11.4 Å². The van der Waals surface area contributed by atoms with Gasteiger partial charge in [-0.15, -0.1) is 0 Å². The summed E-state index contributed by atoms with van der Waals surface area (Å²) in [7, 11) is -6.00. The Hall–Kier alpha value is -7.39. The van der Waals surface area contributed by atoms with E-state index in [1.165, 1.54) is 39.0 Å². The summed E-state index contributed by atoms with van der Waals surface area (Å²) in [4.78, 5) is 0. The SMILES string of the molecule is F[B-](F)(F)F.c1ccc(-c2ccccc2-[n+]2cn(-c3ccccc3)c3ccccc32)cc1.c1ccc(Nc2ccccc2Nc2ccccc2-c2ccccc2)cc1. The summed E-state index contributed by atoms with van der Waals surface area (Å²) in [6.07, 6.45) is 2.18. The van der Waals surface area contributed by atoms with Crippen LogP contribution in [0.3, 0.4) is 0 Å². The molecule has 0 spiro atoms. The Labute approximate surface area is 335 Å². The number of anilines is 4. The van der Waals surface area contributed by atoms with E-state index in [1.807, 2.05) is 42.5 Å². The largest absolute Gasteiger partial charge is 0.673 e. The molecule has 2 N–H and O–H groups in total. The molecular weight excluding hydrogens is 731 g/mol. The molecule has 0 radical (unpaired) electrons. The fourth-order valence-electron chi connectivity index (χ4n) is 6.63. The lowest BCUT2D eigenvalue weighted by atomic mass is 10.0. The van der Waals surface area contributed by atoms with Crippen LogP contribution in [0.2, 0.25) is 0 Å². The average molecular weight is 771 g/mol. The summed E-state index contributed by atoms with van der Waals surface area (Å²) in [5, 5.41) is 7.09. The van der Waals surface area contributed by atoms with Crippen molar-refractivity contribution >= 4 is 41.0 Å². The second-order valence-electron chi connectivity index (χ2n) is 13.1. The maximum Gasteiger partial charge on any atom is 0.673 e. The summed E-state index contributed by atoms with van der Waals surface area (Å²) in [5.41, 5.74) is 13.8. The molecule has 1 heterocycles. The highest BCUT2D eigenvalue weighted by Crippen LogP contribution is 2.34.